The van der Waals surface area contributed by atoms with Crippen LogP contribution in [0.1, 0.15) is 40.2 Å². The zero-order valence-corrected chi connectivity index (χ0v) is 20.0. The summed E-state index contributed by atoms with van der Waals surface area (Å²) in [5.74, 6) is -1.24. The van der Waals surface area contributed by atoms with Crippen LogP contribution in [0.3, 0.4) is 0 Å². The maximum Gasteiger partial charge on any atom is 0.333 e. The van der Waals surface area contributed by atoms with E-state index < -0.39 is 28.1 Å². The first-order chi connectivity index (χ1) is 16.6. The Morgan fingerprint density at radius 1 is 1.31 bits per heavy atom. The number of halogens is 2. The summed E-state index contributed by atoms with van der Waals surface area (Å²) in [6.45, 7) is 0.0497. The third-order valence-corrected chi connectivity index (χ3v) is 6.76. The van der Waals surface area contributed by atoms with Crippen LogP contribution in [-0.2, 0) is 27.5 Å². The van der Waals surface area contributed by atoms with Crippen LogP contribution in [0.4, 0.5) is 4.39 Å². The van der Waals surface area contributed by atoms with Gasteiger partial charge in [0.2, 0.25) is 5.78 Å². The number of carbonyl (C=O) groups is 1. The van der Waals surface area contributed by atoms with Gasteiger partial charge in [-0.3, -0.25) is 13.7 Å². The first kappa shape index (κ1) is 25.3. The number of aliphatic hydroxyl groups excluding tert-OH is 1. The molecule has 0 bridgehead atoms. The van der Waals surface area contributed by atoms with Gasteiger partial charge in [-0.25, -0.2) is 19.5 Å². The fourth-order valence-corrected chi connectivity index (χ4v) is 4.85. The Hall–Kier alpha value is -2.77. The SMILES string of the molecule is NS(=O)(=O)OC[C@H]1C[C@@H](Cc2ncncc2C(=O)c2ccn(Cc3ccc(F)cc3Cl)n2)C[C@@H]1O. The third-order valence-electron chi connectivity index (χ3n) is 5.94. The molecule has 1 aromatic carbocycles. The van der Waals surface area contributed by atoms with Crippen molar-refractivity contribution in [3.63, 3.8) is 0 Å². The molecule has 186 valence electrons. The molecule has 1 aliphatic carbocycles. The zero-order valence-electron chi connectivity index (χ0n) is 18.4. The first-order valence-electron chi connectivity index (χ1n) is 10.7. The van der Waals surface area contributed by atoms with Gasteiger partial charge in [-0.2, -0.15) is 13.5 Å². The molecule has 2 heterocycles. The highest BCUT2D eigenvalue weighted by atomic mass is 35.5. The predicted octanol–water partition coefficient (Wildman–Crippen LogP) is 1.89. The maximum absolute atomic E-state index is 13.3. The predicted molar refractivity (Wildman–Crippen MR) is 123 cm³/mol. The van der Waals surface area contributed by atoms with Crippen LogP contribution in [-0.4, -0.2) is 51.8 Å². The Morgan fingerprint density at radius 2 is 2.11 bits per heavy atom. The molecule has 13 heteroatoms. The second-order valence-electron chi connectivity index (χ2n) is 8.49. The van der Waals surface area contributed by atoms with Crippen molar-refractivity contribution in [3.8, 4) is 0 Å². The van der Waals surface area contributed by atoms with Crippen molar-refractivity contribution >= 4 is 27.7 Å². The van der Waals surface area contributed by atoms with Gasteiger partial charge >= 0.3 is 10.3 Å². The van der Waals surface area contributed by atoms with E-state index in [9.17, 15) is 22.7 Å². The summed E-state index contributed by atoms with van der Waals surface area (Å²) < 4.78 is 41.5. The molecular weight excluding hydrogens is 501 g/mol. The lowest BCUT2D eigenvalue weighted by Gasteiger charge is -2.13. The Bertz CT molecular complexity index is 1340. The summed E-state index contributed by atoms with van der Waals surface area (Å²) >= 11 is 6.08. The number of hydrogen-bond acceptors (Lipinski definition) is 8. The maximum atomic E-state index is 13.3. The molecule has 35 heavy (non-hydrogen) atoms. The topological polar surface area (TPSA) is 150 Å². The van der Waals surface area contributed by atoms with E-state index in [1.807, 2.05) is 0 Å². The van der Waals surface area contributed by atoms with Crippen LogP contribution >= 0.6 is 11.6 Å². The Labute approximate surface area is 206 Å². The molecule has 3 N–H and O–H groups in total. The number of nitrogens with zero attached hydrogens (tertiary/aromatic N) is 4. The first-order valence-corrected chi connectivity index (χ1v) is 12.6. The van der Waals surface area contributed by atoms with E-state index in [-0.39, 0.29) is 41.1 Å². The van der Waals surface area contributed by atoms with Gasteiger partial charge in [0.25, 0.3) is 0 Å². The molecule has 0 radical (unpaired) electrons. The highest BCUT2D eigenvalue weighted by molar-refractivity contribution is 7.84. The van der Waals surface area contributed by atoms with Gasteiger partial charge in [0.05, 0.1) is 30.5 Å². The van der Waals surface area contributed by atoms with E-state index in [2.05, 4.69) is 19.2 Å². The number of nitrogens with two attached hydrogens (primary N) is 1. The third kappa shape index (κ3) is 6.47. The highest BCUT2D eigenvalue weighted by Gasteiger charge is 2.35. The molecule has 0 aliphatic heterocycles. The van der Waals surface area contributed by atoms with Crippen LogP contribution in [0, 0.1) is 17.7 Å². The summed E-state index contributed by atoms with van der Waals surface area (Å²) in [7, 11) is -4.09. The monoisotopic (exact) mass is 523 g/mol. The smallest absolute Gasteiger partial charge is 0.333 e. The molecule has 10 nitrogen and oxygen atoms in total. The molecule has 1 fully saturated rings. The van der Waals surface area contributed by atoms with Crippen molar-refractivity contribution in [1.29, 1.82) is 0 Å². The molecule has 0 unspecified atom stereocenters. The van der Waals surface area contributed by atoms with Crippen molar-refractivity contribution in [1.82, 2.24) is 19.7 Å². The number of carbonyl (C=O) groups excluding carboxylic acids is 1. The molecule has 4 rings (SSSR count). The number of aliphatic hydroxyl groups is 1. The quantitative estimate of drug-likeness (QED) is 0.404. The fraction of sp³-hybridized carbons (Fsp3) is 0.364. The molecular formula is C22H23ClFN5O5S. The minimum absolute atomic E-state index is 0.0429. The molecule has 3 aromatic rings. The summed E-state index contributed by atoms with van der Waals surface area (Å²) in [5.41, 5.74) is 1.63. The zero-order chi connectivity index (χ0) is 25.2. The Kier molecular flexibility index (Phi) is 7.57. The van der Waals surface area contributed by atoms with Crippen LogP contribution in [0.25, 0.3) is 0 Å². The summed E-state index contributed by atoms with van der Waals surface area (Å²) in [6, 6.07) is 5.64. The minimum atomic E-state index is -4.09. The van der Waals surface area contributed by atoms with Gasteiger partial charge in [0, 0.05) is 23.3 Å². The molecule has 1 aliphatic rings. The average Bonchev–Trinajstić information content (AvgIpc) is 3.40. The molecule has 0 saturated heterocycles. The number of hydrogen-bond donors (Lipinski definition) is 2. The van der Waals surface area contributed by atoms with Gasteiger partial charge in [0.15, 0.2) is 0 Å². The highest BCUT2D eigenvalue weighted by Crippen LogP contribution is 2.34. The van der Waals surface area contributed by atoms with Crippen LogP contribution in [0.2, 0.25) is 5.02 Å². The normalized spacial score (nSPS) is 20.3. The standard InChI is InChI=1S/C22H23ClFN5O5S/c23-18-8-16(24)2-1-14(18)10-29-4-3-19(28-29)22(31)17-9-26-12-27-20(17)6-13-5-15(21(30)7-13)11-34-35(25,32)33/h1-4,8-9,12-13,15,21,30H,5-7,10-11H2,(H2,25,32,33)/t13-,15+,21-/m0/s1. The average molecular weight is 524 g/mol. The summed E-state index contributed by atoms with van der Waals surface area (Å²) in [5, 5.41) is 19.7. The lowest BCUT2D eigenvalue weighted by molar-refractivity contribution is 0.100. The van der Waals surface area contributed by atoms with Crippen LogP contribution in [0.5, 0.6) is 0 Å². The van der Waals surface area contributed by atoms with Crippen molar-refractivity contribution in [2.45, 2.75) is 31.9 Å². The molecule has 2 aromatic heterocycles. The Balaban J connectivity index is 1.45. The van der Waals surface area contributed by atoms with Crippen molar-refractivity contribution in [2.24, 2.45) is 17.0 Å². The van der Waals surface area contributed by atoms with Gasteiger partial charge in [-0.15, -0.1) is 0 Å². The van der Waals surface area contributed by atoms with Crippen molar-refractivity contribution in [2.75, 3.05) is 6.61 Å². The van der Waals surface area contributed by atoms with Gasteiger partial charge in [-0.1, -0.05) is 17.7 Å². The lowest BCUT2D eigenvalue weighted by Crippen LogP contribution is -2.24. The van der Waals surface area contributed by atoms with E-state index in [1.165, 1.54) is 29.3 Å². The number of aromatic nitrogens is 4. The number of rotatable bonds is 9. The molecule has 0 spiro atoms. The largest absolute Gasteiger partial charge is 0.393 e. The van der Waals surface area contributed by atoms with Gasteiger partial charge in [-0.05, 0) is 48.9 Å². The van der Waals surface area contributed by atoms with E-state index in [4.69, 9.17) is 16.7 Å². The van der Waals surface area contributed by atoms with E-state index in [0.29, 0.717) is 30.5 Å². The molecule has 0 amide bonds. The van der Waals surface area contributed by atoms with Crippen LogP contribution in [0.15, 0.2) is 43.0 Å². The molecule has 3 atom stereocenters. The van der Waals surface area contributed by atoms with Crippen molar-refractivity contribution in [3.05, 3.63) is 76.3 Å². The van der Waals surface area contributed by atoms with Crippen LogP contribution < -0.4 is 5.14 Å². The minimum Gasteiger partial charge on any atom is -0.393 e. The van der Waals surface area contributed by atoms with Crippen molar-refractivity contribution < 1.29 is 26.9 Å². The number of benzene rings is 1. The van der Waals surface area contributed by atoms with Gasteiger partial charge < -0.3 is 5.11 Å². The summed E-state index contributed by atoms with van der Waals surface area (Å²) in [6.07, 6.45) is 4.92. The molecule has 1 saturated carbocycles. The fourth-order valence-electron chi connectivity index (χ4n) is 4.26. The second-order valence-corrected chi connectivity index (χ2v) is 10.1. The van der Waals surface area contributed by atoms with E-state index in [0.717, 1.165) is 0 Å². The van der Waals surface area contributed by atoms with E-state index in [1.54, 1.807) is 18.3 Å². The number of ketones is 1. The van der Waals surface area contributed by atoms with E-state index >= 15 is 0 Å². The lowest BCUT2D eigenvalue weighted by atomic mass is 9.96. The summed E-state index contributed by atoms with van der Waals surface area (Å²) in [4.78, 5) is 21.4. The van der Waals surface area contributed by atoms with Gasteiger partial charge in [0.1, 0.15) is 17.8 Å². The second kappa shape index (κ2) is 10.5. The Morgan fingerprint density at radius 3 is 2.86 bits per heavy atom.